The number of amides is 1. The topological polar surface area (TPSA) is 84.2 Å². The van der Waals surface area contributed by atoms with Crippen molar-refractivity contribution in [3.8, 4) is 0 Å². The first kappa shape index (κ1) is 14.1. The Balaban J connectivity index is 1.62. The van der Waals surface area contributed by atoms with Gasteiger partial charge in [0.2, 0.25) is 0 Å². The zero-order valence-electron chi connectivity index (χ0n) is 11.8. The molecule has 1 aliphatic rings. The van der Waals surface area contributed by atoms with Crippen molar-refractivity contribution in [2.45, 2.75) is 18.8 Å². The third-order valence-electron chi connectivity index (χ3n) is 3.47. The summed E-state index contributed by atoms with van der Waals surface area (Å²) in [6, 6.07) is 6.89. The second kappa shape index (κ2) is 6.26. The van der Waals surface area contributed by atoms with E-state index < -0.39 is 0 Å². The van der Waals surface area contributed by atoms with Gasteiger partial charge in [-0.2, -0.15) is 0 Å². The van der Waals surface area contributed by atoms with Crippen molar-refractivity contribution in [2.75, 3.05) is 0 Å². The van der Waals surface area contributed by atoms with Gasteiger partial charge < -0.3 is 9.84 Å². The summed E-state index contributed by atoms with van der Waals surface area (Å²) in [5, 5.41) is 0. The van der Waals surface area contributed by atoms with Gasteiger partial charge in [-0.25, -0.2) is 0 Å². The Labute approximate surface area is 127 Å². The maximum absolute atomic E-state index is 11.9. The number of ketones is 1. The number of carbonyl (C=O) groups is 2. The summed E-state index contributed by atoms with van der Waals surface area (Å²) in [6.45, 7) is 0. The molecule has 0 bridgehead atoms. The number of allylic oxidation sites excluding steroid dienone is 2. The van der Waals surface area contributed by atoms with Crippen LogP contribution in [0.15, 0.2) is 59.1 Å². The number of aromatic nitrogens is 1. The van der Waals surface area contributed by atoms with Crippen LogP contribution in [0.1, 0.15) is 34.9 Å². The van der Waals surface area contributed by atoms with Gasteiger partial charge in [0, 0.05) is 42.1 Å². The van der Waals surface area contributed by atoms with Gasteiger partial charge in [0.15, 0.2) is 5.78 Å². The van der Waals surface area contributed by atoms with Gasteiger partial charge in [-0.1, -0.05) is 0 Å². The second-order valence-electron chi connectivity index (χ2n) is 5.07. The van der Waals surface area contributed by atoms with E-state index in [1.807, 2.05) is 6.07 Å². The molecule has 0 aliphatic heterocycles. The highest BCUT2D eigenvalue weighted by atomic mass is 16.3. The van der Waals surface area contributed by atoms with Crippen molar-refractivity contribution in [1.29, 1.82) is 0 Å². The number of hydrazine groups is 1. The molecule has 0 fully saturated rings. The largest absolute Gasteiger partial charge is 0.469 e. The van der Waals surface area contributed by atoms with Gasteiger partial charge in [-0.05, 0) is 30.7 Å². The lowest BCUT2D eigenvalue weighted by molar-refractivity contribution is -0.115. The summed E-state index contributed by atoms with van der Waals surface area (Å²) in [6.07, 6.45) is 7.23. The lowest BCUT2D eigenvalue weighted by Crippen LogP contribution is -2.38. The lowest BCUT2D eigenvalue weighted by Gasteiger charge is -2.21. The van der Waals surface area contributed by atoms with Gasteiger partial charge in [0.1, 0.15) is 5.76 Å². The number of rotatable bonds is 4. The van der Waals surface area contributed by atoms with Gasteiger partial charge in [0.05, 0.1) is 6.26 Å². The number of hydrogen-bond acceptors (Lipinski definition) is 5. The van der Waals surface area contributed by atoms with Crippen molar-refractivity contribution in [2.24, 2.45) is 0 Å². The first-order valence-corrected chi connectivity index (χ1v) is 6.95. The molecular formula is C16H15N3O3. The molecule has 112 valence electrons. The van der Waals surface area contributed by atoms with Crippen LogP contribution in [-0.2, 0) is 4.79 Å². The predicted molar refractivity (Wildman–Crippen MR) is 78.6 cm³/mol. The molecule has 1 aliphatic carbocycles. The first-order chi connectivity index (χ1) is 10.7. The zero-order chi connectivity index (χ0) is 15.4. The minimum absolute atomic E-state index is 0.00664. The molecule has 0 saturated heterocycles. The van der Waals surface area contributed by atoms with Crippen molar-refractivity contribution < 1.29 is 14.0 Å². The molecule has 1 amide bonds. The third-order valence-corrected chi connectivity index (χ3v) is 3.47. The van der Waals surface area contributed by atoms with Crippen LogP contribution in [0, 0.1) is 0 Å². The van der Waals surface area contributed by atoms with E-state index in [-0.39, 0.29) is 17.6 Å². The molecule has 22 heavy (non-hydrogen) atoms. The maximum Gasteiger partial charge on any atom is 0.269 e. The van der Waals surface area contributed by atoms with E-state index in [1.165, 1.54) is 6.08 Å². The normalized spacial score (nSPS) is 17.7. The fourth-order valence-corrected chi connectivity index (χ4v) is 2.42. The number of nitrogens with one attached hydrogen (secondary N) is 2. The van der Waals surface area contributed by atoms with Crippen molar-refractivity contribution in [3.63, 3.8) is 0 Å². The average Bonchev–Trinajstić information content (AvgIpc) is 3.07. The highest BCUT2D eigenvalue weighted by Gasteiger charge is 2.24. The minimum atomic E-state index is -0.282. The van der Waals surface area contributed by atoms with Crippen LogP contribution >= 0.6 is 0 Å². The molecule has 2 N–H and O–H groups in total. The Morgan fingerprint density at radius 2 is 2.05 bits per heavy atom. The highest BCUT2D eigenvalue weighted by molar-refractivity contribution is 5.94. The number of nitrogens with zero attached hydrogens (tertiary/aromatic N) is 1. The summed E-state index contributed by atoms with van der Waals surface area (Å²) in [5.41, 5.74) is 6.57. The number of carbonyl (C=O) groups excluding carboxylic acids is 2. The van der Waals surface area contributed by atoms with E-state index in [0.29, 0.717) is 24.1 Å². The molecular weight excluding hydrogens is 282 g/mol. The molecule has 2 aromatic rings. The fraction of sp³-hybridized carbons (Fsp3) is 0.188. The van der Waals surface area contributed by atoms with Crippen LogP contribution in [0.25, 0.3) is 0 Å². The highest BCUT2D eigenvalue weighted by Crippen LogP contribution is 2.30. The van der Waals surface area contributed by atoms with Gasteiger partial charge in [-0.3, -0.25) is 20.0 Å². The fourth-order valence-electron chi connectivity index (χ4n) is 2.42. The Morgan fingerprint density at radius 1 is 1.23 bits per heavy atom. The number of hydrogen-bond donors (Lipinski definition) is 2. The molecule has 0 saturated carbocycles. The molecule has 6 heteroatoms. The smallest absolute Gasteiger partial charge is 0.269 e. The van der Waals surface area contributed by atoms with Crippen LogP contribution in [0.4, 0.5) is 0 Å². The quantitative estimate of drug-likeness (QED) is 0.843. The molecule has 2 aromatic heterocycles. The van der Waals surface area contributed by atoms with E-state index in [2.05, 4.69) is 15.8 Å². The van der Waals surface area contributed by atoms with Crippen LogP contribution in [0.2, 0.25) is 0 Å². The van der Waals surface area contributed by atoms with Gasteiger partial charge >= 0.3 is 0 Å². The van der Waals surface area contributed by atoms with Crippen LogP contribution in [0.3, 0.4) is 0 Å². The van der Waals surface area contributed by atoms with E-state index >= 15 is 0 Å². The third kappa shape index (κ3) is 3.22. The molecule has 1 atom stereocenters. The summed E-state index contributed by atoms with van der Waals surface area (Å²) in [4.78, 5) is 27.6. The molecule has 2 heterocycles. The molecule has 0 aromatic carbocycles. The average molecular weight is 297 g/mol. The predicted octanol–water partition coefficient (Wildman–Crippen LogP) is 1.94. The van der Waals surface area contributed by atoms with E-state index in [9.17, 15) is 9.59 Å². The Morgan fingerprint density at radius 3 is 2.77 bits per heavy atom. The van der Waals surface area contributed by atoms with Crippen molar-refractivity contribution in [1.82, 2.24) is 15.8 Å². The van der Waals surface area contributed by atoms with Crippen LogP contribution < -0.4 is 10.9 Å². The molecule has 6 nitrogen and oxygen atoms in total. The van der Waals surface area contributed by atoms with E-state index in [0.717, 1.165) is 5.76 Å². The van der Waals surface area contributed by atoms with Crippen molar-refractivity contribution in [3.05, 3.63) is 66.0 Å². The molecule has 0 unspecified atom stereocenters. The van der Waals surface area contributed by atoms with E-state index in [1.54, 1.807) is 36.9 Å². The summed E-state index contributed by atoms with van der Waals surface area (Å²) in [7, 11) is 0. The Kier molecular flexibility index (Phi) is 4.00. The van der Waals surface area contributed by atoms with Crippen LogP contribution in [-0.4, -0.2) is 16.7 Å². The molecule has 0 radical (unpaired) electrons. The number of furan rings is 1. The Bertz CT molecular complexity index is 693. The van der Waals surface area contributed by atoms with Gasteiger partial charge in [0.25, 0.3) is 5.91 Å². The lowest BCUT2D eigenvalue weighted by atomic mass is 9.89. The summed E-state index contributed by atoms with van der Waals surface area (Å²) < 4.78 is 5.36. The van der Waals surface area contributed by atoms with Crippen LogP contribution in [0.5, 0.6) is 0 Å². The first-order valence-electron chi connectivity index (χ1n) is 6.95. The second-order valence-corrected chi connectivity index (χ2v) is 5.07. The minimum Gasteiger partial charge on any atom is -0.469 e. The van der Waals surface area contributed by atoms with E-state index in [4.69, 9.17) is 4.42 Å². The molecule has 3 rings (SSSR count). The monoisotopic (exact) mass is 297 g/mol. The SMILES string of the molecule is O=C1C=C(NNC(=O)c2ccncc2)C[C@H](c2ccco2)C1. The summed E-state index contributed by atoms with van der Waals surface area (Å²) in [5.74, 6) is 0.498. The van der Waals surface area contributed by atoms with Gasteiger partial charge in [-0.15, -0.1) is 0 Å². The maximum atomic E-state index is 11.9. The zero-order valence-corrected chi connectivity index (χ0v) is 11.8. The molecule has 0 spiro atoms. The Hall–Kier alpha value is -2.89. The summed E-state index contributed by atoms with van der Waals surface area (Å²) >= 11 is 0. The standard InChI is InChI=1S/C16H15N3O3/c20-14-9-12(15-2-1-7-22-15)8-13(10-14)18-19-16(21)11-3-5-17-6-4-11/h1-7,10,12,18H,8-9H2,(H,19,21)/t12-/m0/s1. The number of pyridine rings is 1. The van der Waals surface area contributed by atoms with Crippen molar-refractivity contribution >= 4 is 11.7 Å².